The van der Waals surface area contributed by atoms with Crippen LogP contribution in [-0.2, 0) is 0 Å². The maximum absolute atomic E-state index is 13.9. The summed E-state index contributed by atoms with van der Waals surface area (Å²) in [5.41, 5.74) is 1.05. The summed E-state index contributed by atoms with van der Waals surface area (Å²) in [6.45, 7) is 3.65. The lowest BCUT2D eigenvalue weighted by Crippen LogP contribution is -1.97. The van der Waals surface area contributed by atoms with Gasteiger partial charge in [-0.25, -0.2) is 9.18 Å². The van der Waals surface area contributed by atoms with Crippen LogP contribution in [0.5, 0.6) is 0 Å². The summed E-state index contributed by atoms with van der Waals surface area (Å²) < 4.78 is 19.2. The van der Waals surface area contributed by atoms with E-state index in [1.165, 1.54) is 6.07 Å². The van der Waals surface area contributed by atoms with Crippen molar-refractivity contribution in [2.75, 3.05) is 0 Å². The second-order valence-corrected chi connectivity index (χ2v) is 5.03. The second kappa shape index (κ2) is 3.57. The predicted octanol–water partition coefficient (Wildman–Crippen LogP) is 3.70. The molecule has 4 heteroatoms. The maximum Gasteiger partial charge on any atom is 0.339 e. The molecule has 0 radical (unpaired) electrons. The largest absolute Gasteiger partial charge is 0.478 e. The summed E-state index contributed by atoms with van der Waals surface area (Å²) in [7, 11) is 0. The number of carboxylic acids is 1. The number of benzene rings is 1. The molecule has 0 spiro atoms. The van der Waals surface area contributed by atoms with Crippen LogP contribution in [0.1, 0.15) is 40.9 Å². The van der Waals surface area contributed by atoms with Crippen molar-refractivity contribution in [1.82, 2.24) is 0 Å². The zero-order chi connectivity index (χ0) is 13.0. The molecule has 1 heterocycles. The van der Waals surface area contributed by atoms with E-state index in [-0.39, 0.29) is 17.3 Å². The van der Waals surface area contributed by atoms with Gasteiger partial charge in [0, 0.05) is 11.5 Å². The van der Waals surface area contributed by atoms with Crippen LogP contribution in [0.3, 0.4) is 0 Å². The molecular weight excluding hydrogens is 235 g/mol. The smallest absolute Gasteiger partial charge is 0.339 e. The number of hydrogen-bond acceptors (Lipinski definition) is 2. The molecule has 0 aliphatic heterocycles. The fourth-order valence-electron chi connectivity index (χ4n) is 2.56. The van der Waals surface area contributed by atoms with Gasteiger partial charge in [-0.3, -0.25) is 0 Å². The summed E-state index contributed by atoms with van der Waals surface area (Å²) in [5, 5.41) is 9.66. The first kappa shape index (κ1) is 11.3. The van der Waals surface area contributed by atoms with Gasteiger partial charge in [0.2, 0.25) is 0 Å². The quantitative estimate of drug-likeness (QED) is 0.881. The highest BCUT2D eigenvalue weighted by Crippen LogP contribution is 2.48. The van der Waals surface area contributed by atoms with E-state index in [0.717, 1.165) is 6.42 Å². The third kappa shape index (κ3) is 1.52. The van der Waals surface area contributed by atoms with E-state index in [2.05, 4.69) is 6.92 Å². The molecule has 0 bridgehead atoms. The molecule has 3 rings (SSSR count). The Kier molecular flexibility index (Phi) is 2.24. The zero-order valence-corrected chi connectivity index (χ0v) is 10.2. The number of halogens is 1. The summed E-state index contributed by atoms with van der Waals surface area (Å²) in [4.78, 5) is 11.2. The van der Waals surface area contributed by atoms with Crippen molar-refractivity contribution in [1.29, 1.82) is 0 Å². The number of furan rings is 1. The molecule has 18 heavy (non-hydrogen) atoms. The first-order chi connectivity index (χ1) is 8.49. The number of fused-ring (bicyclic) bond motifs is 1. The molecule has 1 aromatic heterocycles. The lowest BCUT2D eigenvalue weighted by Gasteiger charge is -2.01. The van der Waals surface area contributed by atoms with Crippen molar-refractivity contribution in [3.05, 3.63) is 34.8 Å². The molecule has 1 N–H and O–H groups in total. The third-order valence-electron chi connectivity index (χ3n) is 3.71. The van der Waals surface area contributed by atoms with E-state index in [0.29, 0.717) is 28.2 Å². The van der Waals surface area contributed by atoms with Gasteiger partial charge in [0.15, 0.2) is 0 Å². The topological polar surface area (TPSA) is 50.4 Å². The molecular formula is C14H13FO3. The van der Waals surface area contributed by atoms with Crippen LogP contribution in [-0.4, -0.2) is 11.1 Å². The highest BCUT2D eigenvalue weighted by atomic mass is 19.1. The van der Waals surface area contributed by atoms with Crippen LogP contribution in [0.2, 0.25) is 0 Å². The Morgan fingerprint density at radius 1 is 1.50 bits per heavy atom. The molecule has 1 aliphatic carbocycles. The molecule has 0 amide bonds. The third-order valence-corrected chi connectivity index (χ3v) is 3.71. The number of carboxylic acid groups (broad SMARTS) is 1. The highest BCUT2D eigenvalue weighted by Gasteiger charge is 2.36. The van der Waals surface area contributed by atoms with Crippen molar-refractivity contribution in [2.24, 2.45) is 5.92 Å². The van der Waals surface area contributed by atoms with E-state index < -0.39 is 5.97 Å². The van der Waals surface area contributed by atoms with E-state index in [4.69, 9.17) is 9.52 Å². The van der Waals surface area contributed by atoms with Crippen LogP contribution in [0, 0.1) is 18.7 Å². The lowest BCUT2D eigenvalue weighted by atomic mass is 10.0. The Morgan fingerprint density at radius 3 is 2.72 bits per heavy atom. The van der Waals surface area contributed by atoms with Crippen molar-refractivity contribution < 1.29 is 18.7 Å². The summed E-state index contributed by atoms with van der Waals surface area (Å²) in [6, 6.07) is 2.94. The summed E-state index contributed by atoms with van der Waals surface area (Å²) >= 11 is 0. The van der Waals surface area contributed by atoms with Crippen molar-refractivity contribution in [3.63, 3.8) is 0 Å². The van der Waals surface area contributed by atoms with Gasteiger partial charge in [-0.15, -0.1) is 0 Å². The van der Waals surface area contributed by atoms with Crippen LogP contribution in [0.25, 0.3) is 11.0 Å². The Balaban J connectivity index is 2.25. The highest BCUT2D eigenvalue weighted by molar-refractivity contribution is 6.03. The van der Waals surface area contributed by atoms with Gasteiger partial charge in [0.1, 0.15) is 22.7 Å². The fraction of sp³-hybridized carbons (Fsp3) is 0.357. The molecule has 94 valence electrons. The molecule has 2 unspecified atom stereocenters. The first-order valence-corrected chi connectivity index (χ1v) is 5.95. The van der Waals surface area contributed by atoms with Gasteiger partial charge < -0.3 is 9.52 Å². The van der Waals surface area contributed by atoms with E-state index in [1.807, 2.05) is 0 Å². The SMILES string of the molecule is Cc1oc2cc(F)c(C3CC3C)cc2c1C(=O)O. The van der Waals surface area contributed by atoms with E-state index in [1.54, 1.807) is 13.0 Å². The Labute approximate surface area is 103 Å². The molecule has 0 saturated heterocycles. The molecule has 1 aromatic carbocycles. The summed E-state index contributed by atoms with van der Waals surface area (Å²) in [5.74, 6) is -0.336. The zero-order valence-electron chi connectivity index (χ0n) is 10.2. The molecule has 1 aliphatic rings. The molecule has 1 saturated carbocycles. The van der Waals surface area contributed by atoms with Crippen LogP contribution < -0.4 is 0 Å². The average molecular weight is 248 g/mol. The van der Waals surface area contributed by atoms with Gasteiger partial charge in [0.05, 0.1) is 0 Å². The molecule has 1 fully saturated rings. The Morgan fingerprint density at radius 2 is 2.17 bits per heavy atom. The maximum atomic E-state index is 13.9. The Hall–Kier alpha value is -1.84. The van der Waals surface area contributed by atoms with Crippen LogP contribution >= 0.6 is 0 Å². The molecule has 2 aromatic rings. The predicted molar refractivity (Wildman–Crippen MR) is 64.4 cm³/mol. The molecule has 3 nitrogen and oxygen atoms in total. The number of hydrogen-bond donors (Lipinski definition) is 1. The van der Waals surface area contributed by atoms with Gasteiger partial charge in [0.25, 0.3) is 0 Å². The minimum Gasteiger partial charge on any atom is -0.478 e. The van der Waals surface area contributed by atoms with Gasteiger partial charge in [-0.2, -0.15) is 0 Å². The summed E-state index contributed by atoms with van der Waals surface area (Å²) in [6.07, 6.45) is 0.960. The van der Waals surface area contributed by atoms with Crippen molar-refractivity contribution in [3.8, 4) is 0 Å². The van der Waals surface area contributed by atoms with Crippen LogP contribution in [0.15, 0.2) is 16.5 Å². The van der Waals surface area contributed by atoms with Gasteiger partial charge >= 0.3 is 5.97 Å². The van der Waals surface area contributed by atoms with Gasteiger partial charge in [-0.05, 0) is 36.8 Å². The average Bonchev–Trinajstić information content (AvgIpc) is 2.88. The lowest BCUT2D eigenvalue weighted by molar-refractivity contribution is 0.0697. The second-order valence-electron chi connectivity index (χ2n) is 5.03. The minimum absolute atomic E-state index is 0.138. The van der Waals surface area contributed by atoms with E-state index in [9.17, 15) is 9.18 Å². The Bertz CT molecular complexity index is 657. The minimum atomic E-state index is -1.03. The number of aromatic carboxylic acids is 1. The number of rotatable bonds is 2. The normalized spacial score (nSPS) is 22.4. The molecule has 2 atom stereocenters. The monoisotopic (exact) mass is 248 g/mol. The number of carbonyl (C=O) groups is 1. The first-order valence-electron chi connectivity index (χ1n) is 5.95. The fourth-order valence-corrected chi connectivity index (χ4v) is 2.56. The number of aryl methyl sites for hydroxylation is 1. The van der Waals surface area contributed by atoms with Crippen LogP contribution in [0.4, 0.5) is 4.39 Å². The van der Waals surface area contributed by atoms with Crippen molar-refractivity contribution >= 4 is 16.9 Å². The van der Waals surface area contributed by atoms with E-state index >= 15 is 0 Å². The standard InChI is InChI=1S/C14H13FO3/c1-6-3-8(6)9-4-10-12(5-11(9)15)18-7(2)13(10)14(16)17/h4-6,8H,3H2,1-2H3,(H,16,17). The van der Waals surface area contributed by atoms with Crippen molar-refractivity contribution in [2.45, 2.75) is 26.2 Å². The van der Waals surface area contributed by atoms with Gasteiger partial charge in [-0.1, -0.05) is 6.92 Å².